The van der Waals surface area contributed by atoms with Gasteiger partial charge in [0.25, 0.3) is 6.43 Å². The summed E-state index contributed by atoms with van der Waals surface area (Å²) in [5.41, 5.74) is 0.635. The van der Waals surface area contributed by atoms with Crippen LogP contribution in [0.15, 0.2) is 29.2 Å². The van der Waals surface area contributed by atoms with Crippen LogP contribution < -0.4 is 4.90 Å². The first-order valence-corrected chi connectivity index (χ1v) is 5.86. The van der Waals surface area contributed by atoms with E-state index < -0.39 is 11.3 Å². The number of halogens is 2. The lowest BCUT2D eigenvalue weighted by Gasteiger charge is -2.29. The molecule has 0 bridgehead atoms. The van der Waals surface area contributed by atoms with Crippen LogP contribution >= 0.6 is 11.8 Å². The molecular weight excluding hydrogens is 232 g/mol. The Balaban J connectivity index is 2.16. The Morgan fingerprint density at radius 3 is 2.88 bits per heavy atom. The lowest BCUT2D eigenvalue weighted by Crippen LogP contribution is -2.45. The average molecular weight is 241 g/mol. The van der Waals surface area contributed by atoms with Crippen LogP contribution in [0.1, 0.15) is 12.8 Å². The summed E-state index contributed by atoms with van der Waals surface area (Å²) >= 11 is 1.12. The van der Waals surface area contributed by atoms with Gasteiger partial charge in [0.1, 0.15) is 0 Å². The molecule has 1 fully saturated rings. The third-order valence-electron chi connectivity index (χ3n) is 3.06. The molecule has 5 heteroatoms. The van der Waals surface area contributed by atoms with Gasteiger partial charge in [0.2, 0.25) is 5.91 Å². The number of fused-ring (bicyclic) bond motifs is 3. The Morgan fingerprint density at radius 1 is 1.38 bits per heavy atom. The van der Waals surface area contributed by atoms with Crippen LogP contribution in [0.25, 0.3) is 0 Å². The molecule has 0 saturated carbocycles. The second kappa shape index (κ2) is 3.20. The number of nitrogens with zero attached hydrogens (tertiary/aromatic N) is 1. The summed E-state index contributed by atoms with van der Waals surface area (Å²) in [4.78, 5) is 12.4. The van der Waals surface area contributed by atoms with Crippen molar-refractivity contribution in [2.45, 2.75) is 29.0 Å². The van der Waals surface area contributed by atoms with Crippen molar-refractivity contribution in [3.63, 3.8) is 0 Å². The van der Waals surface area contributed by atoms with Gasteiger partial charge in [-0.15, -0.1) is 0 Å². The van der Waals surface area contributed by atoms with Crippen LogP contribution in [-0.2, 0) is 4.79 Å². The molecule has 2 nitrogen and oxygen atoms in total. The van der Waals surface area contributed by atoms with E-state index in [2.05, 4.69) is 0 Å². The maximum Gasteiger partial charge on any atom is 0.271 e. The van der Waals surface area contributed by atoms with Gasteiger partial charge in [0.15, 0.2) is 4.87 Å². The summed E-state index contributed by atoms with van der Waals surface area (Å²) in [6.07, 6.45) is -2.08. The van der Waals surface area contributed by atoms with E-state index in [-0.39, 0.29) is 18.7 Å². The molecule has 0 N–H and O–H groups in total. The van der Waals surface area contributed by atoms with Gasteiger partial charge >= 0.3 is 0 Å². The van der Waals surface area contributed by atoms with Crippen LogP contribution in [0, 0.1) is 0 Å². The monoisotopic (exact) mass is 241 g/mol. The van der Waals surface area contributed by atoms with Crippen molar-refractivity contribution < 1.29 is 13.6 Å². The maximum atomic E-state index is 13.2. The molecule has 16 heavy (non-hydrogen) atoms. The first kappa shape index (κ1) is 10.1. The van der Waals surface area contributed by atoms with E-state index in [4.69, 9.17) is 0 Å². The molecule has 84 valence electrons. The van der Waals surface area contributed by atoms with E-state index in [1.54, 1.807) is 24.3 Å². The summed E-state index contributed by atoms with van der Waals surface area (Å²) in [7, 11) is 0. The van der Waals surface area contributed by atoms with E-state index >= 15 is 0 Å². The van der Waals surface area contributed by atoms with Crippen LogP contribution in [0.2, 0.25) is 0 Å². The summed E-state index contributed by atoms with van der Waals surface area (Å²) in [5.74, 6) is -0.197. The molecule has 0 aromatic heterocycles. The van der Waals surface area contributed by atoms with Gasteiger partial charge < -0.3 is 0 Å². The number of carbonyl (C=O) groups excluding carboxylic acids is 1. The van der Waals surface area contributed by atoms with Crippen LogP contribution in [0.3, 0.4) is 0 Å². The van der Waals surface area contributed by atoms with Crippen LogP contribution in [-0.4, -0.2) is 17.2 Å². The normalized spacial score (nSPS) is 27.4. The Bertz CT molecular complexity index is 465. The zero-order chi connectivity index (χ0) is 11.3. The van der Waals surface area contributed by atoms with Crippen LogP contribution in [0.5, 0.6) is 0 Å². The largest absolute Gasteiger partial charge is 0.290 e. The molecule has 3 rings (SSSR count). The number of benzene rings is 1. The highest BCUT2D eigenvalue weighted by atomic mass is 32.2. The van der Waals surface area contributed by atoms with Crippen molar-refractivity contribution >= 4 is 23.4 Å². The highest BCUT2D eigenvalue weighted by Gasteiger charge is 2.57. The topological polar surface area (TPSA) is 20.3 Å². The molecule has 0 radical (unpaired) electrons. The molecule has 1 atom stereocenters. The van der Waals surface area contributed by atoms with Gasteiger partial charge in [0.05, 0.1) is 5.69 Å². The minimum absolute atomic E-state index is 0.197. The first-order chi connectivity index (χ1) is 7.65. The molecule has 2 heterocycles. The third-order valence-corrected chi connectivity index (χ3v) is 4.54. The van der Waals surface area contributed by atoms with Gasteiger partial charge in [-0.25, -0.2) is 8.78 Å². The van der Waals surface area contributed by atoms with E-state index in [0.29, 0.717) is 5.69 Å². The predicted octanol–water partition coefficient (Wildman–Crippen LogP) is 2.88. The molecule has 1 saturated heterocycles. The maximum absolute atomic E-state index is 13.2. The van der Waals surface area contributed by atoms with Gasteiger partial charge in [0, 0.05) is 11.3 Å². The lowest BCUT2D eigenvalue weighted by atomic mass is 10.2. The number of para-hydroxylation sites is 1. The fourth-order valence-electron chi connectivity index (χ4n) is 2.33. The Hall–Kier alpha value is -1.10. The minimum Gasteiger partial charge on any atom is -0.290 e. The summed E-state index contributed by atoms with van der Waals surface area (Å²) < 4.78 is 26.4. The van der Waals surface area contributed by atoms with Crippen molar-refractivity contribution in [3.05, 3.63) is 24.3 Å². The van der Waals surface area contributed by atoms with E-state index in [0.717, 1.165) is 16.7 Å². The summed E-state index contributed by atoms with van der Waals surface area (Å²) in [6, 6.07) is 7.09. The minimum atomic E-state index is -2.52. The molecular formula is C11H9F2NOS. The number of rotatable bonds is 1. The predicted molar refractivity (Wildman–Crippen MR) is 57.8 cm³/mol. The van der Waals surface area contributed by atoms with Gasteiger partial charge in [-0.3, -0.25) is 9.69 Å². The molecule has 0 spiro atoms. The SMILES string of the molecule is O=C1CC[C@@]2(C(F)F)Sc3ccccc3N12. The molecule has 2 aliphatic heterocycles. The zero-order valence-electron chi connectivity index (χ0n) is 8.32. The molecule has 1 aromatic carbocycles. The molecule has 1 aromatic rings. The number of hydrogen-bond acceptors (Lipinski definition) is 2. The number of alkyl halides is 2. The van der Waals surface area contributed by atoms with Crippen molar-refractivity contribution in [1.82, 2.24) is 0 Å². The van der Waals surface area contributed by atoms with Crippen molar-refractivity contribution in [2.24, 2.45) is 0 Å². The Kier molecular flexibility index (Phi) is 2.01. The Labute approximate surface area is 95.6 Å². The number of hydrogen-bond donors (Lipinski definition) is 0. The lowest BCUT2D eigenvalue weighted by molar-refractivity contribution is -0.117. The smallest absolute Gasteiger partial charge is 0.271 e. The highest BCUT2D eigenvalue weighted by Crippen LogP contribution is 2.57. The van der Waals surface area contributed by atoms with E-state index in [9.17, 15) is 13.6 Å². The first-order valence-electron chi connectivity index (χ1n) is 5.04. The number of thioether (sulfide) groups is 1. The van der Waals surface area contributed by atoms with Crippen LogP contribution in [0.4, 0.5) is 14.5 Å². The second-order valence-corrected chi connectivity index (χ2v) is 5.30. The van der Waals surface area contributed by atoms with E-state index in [1.807, 2.05) is 0 Å². The summed E-state index contributed by atoms with van der Waals surface area (Å²) in [5, 5.41) is 0. The fraction of sp³-hybridized carbons (Fsp3) is 0.364. The number of carbonyl (C=O) groups is 1. The van der Waals surface area contributed by atoms with E-state index in [1.165, 1.54) is 4.90 Å². The molecule has 0 unspecified atom stereocenters. The van der Waals surface area contributed by atoms with Gasteiger partial charge in [-0.05, 0) is 18.6 Å². The average Bonchev–Trinajstić information content (AvgIpc) is 2.75. The highest BCUT2D eigenvalue weighted by molar-refractivity contribution is 8.01. The number of amides is 1. The quantitative estimate of drug-likeness (QED) is 0.753. The van der Waals surface area contributed by atoms with Gasteiger partial charge in [-0.1, -0.05) is 23.9 Å². The standard InChI is InChI=1S/C11H9F2NOS/c12-10(13)11-6-5-9(15)14(11)7-3-1-2-4-8(7)16-11/h1-4,10H,5-6H2/t11-/m0/s1. The third kappa shape index (κ3) is 1.09. The van der Waals surface area contributed by atoms with Crippen molar-refractivity contribution in [3.8, 4) is 0 Å². The van der Waals surface area contributed by atoms with Crippen molar-refractivity contribution in [2.75, 3.05) is 4.90 Å². The number of anilines is 1. The molecule has 0 aliphatic carbocycles. The van der Waals surface area contributed by atoms with Gasteiger partial charge in [-0.2, -0.15) is 0 Å². The fourth-order valence-corrected chi connectivity index (χ4v) is 3.70. The molecule has 2 aliphatic rings. The summed E-state index contributed by atoms with van der Waals surface area (Å²) in [6.45, 7) is 0. The Morgan fingerprint density at radius 2 is 2.12 bits per heavy atom. The zero-order valence-corrected chi connectivity index (χ0v) is 9.14. The molecule has 1 amide bonds. The van der Waals surface area contributed by atoms with Crippen molar-refractivity contribution in [1.29, 1.82) is 0 Å². The second-order valence-electron chi connectivity index (χ2n) is 3.94.